The summed E-state index contributed by atoms with van der Waals surface area (Å²) in [4.78, 5) is 25.7. The van der Waals surface area contributed by atoms with Gasteiger partial charge in [0.15, 0.2) is 5.76 Å². The van der Waals surface area contributed by atoms with Crippen molar-refractivity contribution in [3.05, 3.63) is 76.5 Å². The van der Waals surface area contributed by atoms with Crippen LogP contribution in [0.2, 0.25) is 0 Å². The van der Waals surface area contributed by atoms with Crippen LogP contribution in [0.1, 0.15) is 5.56 Å². The predicted octanol–water partition coefficient (Wildman–Crippen LogP) is 3.12. The van der Waals surface area contributed by atoms with E-state index in [1.165, 1.54) is 30.1 Å². The largest absolute Gasteiger partial charge is 0.452 e. The van der Waals surface area contributed by atoms with E-state index in [0.29, 0.717) is 11.3 Å². The lowest BCUT2D eigenvalue weighted by Crippen LogP contribution is -2.34. The van der Waals surface area contributed by atoms with Crippen LogP contribution in [0.3, 0.4) is 0 Å². The zero-order valence-electron chi connectivity index (χ0n) is 12.8. The summed E-state index contributed by atoms with van der Waals surface area (Å²) in [6.07, 6.45) is 0. The second-order valence-electron chi connectivity index (χ2n) is 4.70. The number of benzene rings is 2. The lowest BCUT2D eigenvalue weighted by molar-refractivity contribution is -0.384. The molecule has 124 valence electrons. The van der Waals surface area contributed by atoms with Crippen molar-refractivity contribution in [1.29, 1.82) is 0 Å². The first-order chi connectivity index (χ1) is 11.5. The molecule has 2 N–H and O–H groups in total. The maximum Gasteiger partial charge on any atom is 0.301 e. The van der Waals surface area contributed by atoms with Crippen molar-refractivity contribution in [2.24, 2.45) is 0 Å². The molecule has 0 heterocycles. The van der Waals surface area contributed by atoms with Gasteiger partial charge in [0, 0.05) is 17.0 Å². The van der Waals surface area contributed by atoms with Gasteiger partial charge in [0.1, 0.15) is 5.75 Å². The summed E-state index contributed by atoms with van der Waals surface area (Å²) in [5.41, 5.74) is 2.93. The molecule has 0 bridgehead atoms. The highest BCUT2D eigenvalue weighted by Gasteiger charge is 2.13. The number of ether oxygens (including phenoxy) is 1. The molecular formula is C16H15N3O4S. The van der Waals surface area contributed by atoms with Crippen molar-refractivity contribution >= 4 is 23.5 Å². The fourth-order valence-electron chi connectivity index (χ4n) is 1.73. The molecule has 1 amide bonds. The molecule has 8 heteroatoms. The van der Waals surface area contributed by atoms with Gasteiger partial charge in [-0.3, -0.25) is 20.3 Å². The predicted molar refractivity (Wildman–Crippen MR) is 91.2 cm³/mol. The molecule has 0 fully saturated rings. The fraction of sp³-hybridized carbons (Fsp3) is 0.0625. The van der Waals surface area contributed by atoms with Crippen LogP contribution in [0.25, 0.3) is 0 Å². The van der Waals surface area contributed by atoms with Gasteiger partial charge in [-0.05, 0) is 42.6 Å². The number of carbonyl (C=O) groups is 1. The minimum absolute atomic E-state index is 0.0455. The quantitative estimate of drug-likeness (QED) is 0.263. The molecule has 0 radical (unpaired) electrons. The average molecular weight is 345 g/mol. The van der Waals surface area contributed by atoms with Gasteiger partial charge >= 0.3 is 5.91 Å². The van der Waals surface area contributed by atoms with E-state index in [9.17, 15) is 14.9 Å². The Bertz CT molecular complexity index is 765. The van der Waals surface area contributed by atoms with Crippen LogP contribution in [-0.2, 0) is 4.79 Å². The highest BCUT2D eigenvalue weighted by molar-refractivity contribution is 7.97. The second-order valence-corrected chi connectivity index (χ2v) is 5.58. The summed E-state index contributed by atoms with van der Waals surface area (Å²) in [7, 11) is 0. The van der Waals surface area contributed by atoms with Crippen molar-refractivity contribution in [3.8, 4) is 5.75 Å². The Morgan fingerprint density at radius 3 is 2.58 bits per heavy atom. The Kier molecular flexibility index (Phi) is 5.94. The normalized spacial score (nSPS) is 10.0. The number of nitro groups is 1. The highest BCUT2D eigenvalue weighted by Crippen LogP contribution is 2.24. The number of nitrogens with zero attached hydrogens (tertiary/aromatic N) is 1. The number of non-ortho nitro benzene ring substituents is 1. The standard InChI is InChI=1S/C16H15N3O4S/c1-11-10-13(19(21)22)8-9-15(11)23-12(2)16(20)17-18-24-14-6-4-3-5-7-14/h3-10,18H,2H2,1H3,(H,17,20). The van der Waals surface area contributed by atoms with Gasteiger partial charge in [0.05, 0.1) is 4.92 Å². The monoisotopic (exact) mass is 345 g/mol. The summed E-state index contributed by atoms with van der Waals surface area (Å²) in [6, 6.07) is 13.5. The third-order valence-corrected chi connectivity index (χ3v) is 3.64. The van der Waals surface area contributed by atoms with E-state index in [0.717, 1.165) is 4.90 Å². The Morgan fingerprint density at radius 1 is 1.25 bits per heavy atom. The van der Waals surface area contributed by atoms with E-state index in [2.05, 4.69) is 16.8 Å². The van der Waals surface area contributed by atoms with Crippen molar-refractivity contribution in [1.82, 2.24) is 10.3 Å². The average Bonchev–Trinajstić information content (AvgIpc) is 2.57. The third-order valence-electron chi connectivity index (χ3n) is 2.93. The maximum absolute atomic E-state index is 11.9. The van der Waals surface area contributed by atoms with Gasteiger partial charge in [-0.25, -0.2) is 0 Å². The van der Waals surface area contributed by atoms with Crippen molar-refractivity contribution in [2.75, 3.05) is 0 Å². The van der Waals surface area contributed by atoms with E-state index in [-0.39, 0.29) is 11.4 Å². The molecule has 0 unspecified atom stereocenters. The Morgan fingerprint density at radius 2 is 1.96 bits per heavy atom. The zero-order chi connectivity index (χ0) is 17.5. The van der Waals surface area contributed by atoms with E-state index < -0.39 is 10.8 Å². The van der Waals surface area contributed by atoms with Crippen LogP contribution in [0.15, 0.2) is 65.8 Å². The van der Waals surface area contributed by atoms with Gasteiger partial charge in [0.2, 0.25) is 0 Å². The van der Waals surface area contributed by atoms with Gasteiger partial charge < -0.3 is 4.74 Å². The van der Waals surface area contributed by atoms with E-state index in [1.807, 2.05) is 30.3 Å². The molecule has 7 nitrogen and oxygen atoms in total. The molecule has 0 aliphatic rings. The van der Waals surface area contributed by atoms with Crippen LogP contribution in [-0.4, -0.2) is 10.8 Å². The number of hydrazine groups is 1. The molecule has 0 atom stereocenters. The number of hydrogen-bond donors (Lipinski definition) is 2. The summed E-state index contributed by atoms with van der Waals surface area (Å²) in [5.74, 6) is -0.347. The van der Waals surface area contributed by atoms with E-state index >= 15 is 0 Å². The smallest absolute Gasteiger partial charge is 0.301 e. The molecule has 0 saturated carbocycles. The van der Waals surface area contributed by atoms with Crippen molar-refractivity contribution in [2.45, 2.75) is 11.8 Å². The van der Waals surface area contributed by atoms with Gasteiger partial charge in [-0.2, -0.15) is 4.83 Å². The second kappa shape index (κ2) is 8.14. The van der Waals surface area contributed by atoms with E-state index in [1.54, 1.807) is 6.92 Å². The molecule has 24 heavy (non-hydrogen) atoms. The van der Waals surface area contributed by atoms with Crippen molar-refractivity contribution in [3.63, 3.8) is 0 Å². The molecule has 2 aromatic carbocycles. The number of amides is 1. The first-order valence-corrected chi connectivity index (χ1v) is 7.68. The Hall–Kier alpha value is -2.84. The topological polar surface area (TPSA) is 93.5 Å². The molecular weight excluding hydrogens is 330 g/mol. The van der Waals surface area contributed by atoms with E-state index in [4.69, 9.17) is 4.74 Å². The number of aryl methyl sites for hydroxylation is 1. The number of rotatable bonds is 7. The lowest BCUT2D eigenvalue weighted by atomic mass is 10.2. The van der Waals surface area contributed by atoms with Crippen LogP contribution in [0.4, 0.5) is 5.69 Å². The number of nitrogens with one attached hydrogen (secondary N) is 2. The lowest BCUT2D eigenvalue weighted by Gasteiger charge is -2.11. The highest BCUT2D eigenvalue weighted by atomic mass is 32.2. The summed E-state index contributed by atoms with van der Waals surface area (Å²) in [6.45, 7) is 5.21. The van der Waals surface area contributed by atoms with Crippen LogP contribution in [0.5, 0.6) is 5.75 Å². The van der Waals surface area contributed by atoms with Gasteiger partial charge in [0.25, 0.3) is 5.69 Å². The van der Waals surface area contributed by atoms with Crippen molar-refractivity contribution < 1.29 is 14.5 Å². The minimum Gasteiger partial charge on any atom is -0.452 e. The van der Waals surface area contributed by atoms with Crippen LogP contribution in [0, 0.1) is 17.0 Å². The summed E-state index contributed by atoms with van der Waals surface area (Å²) in [5, 5.41) is 10.7. The first kappa shape index (κ1) is 17.5. The maximum atomic E-state index is 11.9. The Balaban J connectivity index is 1.87. The minimum atomic E-state index is -0.545. The molecule has 0 aliphatic carbocycles. The molecule has 2 rings (SSSR count). The van der Waals surface area contributed by atoms with Crippen LogP contribution >= 0.6 is 11.9 Å². The SMILES string of the molecule is C=C(Oc1ccc([N+](=O)[O-])cc1C)C(=O)NNSc1ccccc1. The molecule has 2 aromatic rings. The number of nitro benzene ring substituents is 1. The van der Waals surface area contributed by atoms with Gasteiger partial charge in [-0.15, -0.1) is 0 Å². The summed E-state index contributed by atoms with van der Waals surface area (Å²) >= 11 is 1.23. The molecule has 0 aromatic heterocycles. The number of hydrogen-bond acceptors (Lipinski definition) is 6. The molecule has 0 saturated heterocycles. The third kappa shape index (κ3) is 4.83. The first-order valence-electron chi connectivity index (χ1n) is 6.86. The van der Waals surface area contributed by atoms with Gasteiger partial charge in [-0.1, -0.05) is 24.8 Å². The van der Waals surface area contributed by atoms with Crippen LogP contribution < -0.4 is 15.0 Å². The Labute approximate surface area is 143 Å². The molecule has 0 spiro atoms. The molecule has 0 aliphatic heterocycles. The zero-order valence-corrected chi connectivity index (χ0v) is 13.6. The number of carbonyl (C=O) groups excluding carboxylic acids is 1. The fourth-order valence-corrected chi connectivity index (χ4v) is 2.28. The summed E-state index contributed by atoms with van der Waals surface area (Å²) < 4.78 is 5.37.